The molecular weight excluding hydrogens is 408 g/mol. The van der Waals surface area contributed by atoms with E-state index >= 15 is 0 Å². The van der Waals surface area contributed by atoms with Crippen LogP contribution >= 0.6 is 0 Å². The summed E-state index contributed by atoms with van der Waals surface area (Å²) in [4.78, 5) is 46.7. The van der Waals surface area contributed by atoms with Crippen LogP contribution in [0.25, 0.3) is 0 Å². The molecule has 8 nitrogen and oxygen atoms in total. The molecule has 2 aliphatic rings. The predicted octanol–water partition coefficient (Wildman–Crippen LogP) is 2.00. The van der Waals surface area contributed by atoms with Crippen molar-refractivity contribution in [3.8, 4) is 5.75 Å². The topological polar surface area (TPSA) is 91.8 Å². The molecule has 2 fully saturated rings. The smallest absolute Gasteiger partial charge is 0.254 e. The average molecular weight is 437 g/mol. The first-order valence-corrected chi connectivity index (χ1v) is 11.0. The highest BCUT2D eigenvalue weighted by Gasteiger charge is 2.42. The fourth-order valence-electron chi connectivity index (χ4n) is 4.49. The number of aromatic nitrogens is 1. The first-order valence-electron chi connectivity index (χ1n) is 11.0. The number of ether oxygens (including phenoxy) is 1. The Kier molecular flexibility index (Phi) is 6.68. The third-order valence-corrected chi connectivity index (χ3v) is 6.17. The molecule has 0 spiro atoms. The number of hydrogen-bond acceptors (Lipinski definition) is 5. The van der Waals surface area contributed by atoms with Crippen LogP contribution in [0, 0.1) is 0 Å². The van der Waals surface area contributed by atoms with Crippen molar-refractivity contribution >= 4 is 17.7 Å². The molecule has 0 aliphatic carbocycles. The van der Waals surface area contributed by atoms with E-state index < -0.39 is 12.1 Å². The molecular formula is C24H28N4O4. The van der Waals surface area contributed by atoms with Gasteiger partial charge in [-0.15, -0.1) is 0 Å². The maximum absolute atomic E-state index is 13.4. The summed E-state index contributed by atoms with van der Waals surface area (Å²) in [5.74, 6) is 0.123. The van der Waals surface area contributed by atoms with Crippen molar-refractivity contribution in [1.82, 2.24) is 20.1 Å². The number of nitrogens with zero attached hydrogens (tertiary/aromatic N) is 3. The number of rotatable bonds is 6. The van der Waals surface area contributed by atoms with Crippen LogP contribution in [0.5, 0.6) is 5.75 Å². The Bertz CT molecular complexity index is 981. The van der Waals surface area contributed by atoms with Crippen LogP contribution in [0.2, 0.25) is 0 Å². The maximum atomic E-state index is 13.4. The number of likely N-dealkylation sites (tertiary alicyclic amines) is 2. The van der Waals surface area contributed by atoms with Gasteiger partial charge in [0.25, 0.3) is 5.91 Å². The zero-order valence-corrected chi connectivity index (χ0v) is 18.2. The van der Waals surface area contributed by atoms with Gasteiger partial charge >= 0.3 is 0 Å². The highest BCUT2D eigenvalue weighted by molar-refractivity contribution is 5.99. The minimum atomic E-state index is -0.540. The second kappa shape index (κ2) is 9.80. The molecule has 2 atom stereocenters. The number of carbonyl (C=O) groups is 3. The summed E-state index contributed by atoms with van der Waals surface area (Å²) >= 11 is 0. The van der Waals surface area contributed by atoms with Crippen LogP contribution in [0.1, 0.15) is 41.6 Å². The summed E-state index contributed by atoms with van der Waals surface area (Å²) in [6, 6.07) is 9.62. The van der Waals surface area contributed by atoms with Gasteiger partial charge in [0.05, 0.1) is 7.11 Å². The van der Waals surface area contributed by atoms with E-state index in [1.807, 2.05) is 12.1 Å². The van der Waals surface area contributed by atoms with Gasteiger partial charge in [0, 0.05) is 37.6 Å². The summed E-state index contributed by atoms with van der Waals surface area (Å²) in [5, 5.41) is 2.93. The molecule has 1 N–H and O–H groups in total. The van der Waals surface area contributed by atoms with Gasteiger partial charge in [-0.1, -0.05) is 6.07 Å². The lowest BCUT2D eigenvalue weighted by Crippen LogP contribution is -2.52. The predicted molar refractivity (Wildman–Crippen MR) is 118 cm³/mol. The zero-order valence-electron chi connectivity index (χ0n) is 18.2. The van der Waals surface area contributed by atoms with Crippen LogP contribution in [-0.2, 0) is 16.1 Å². The minimum Gasteiger partial charge on any atom is -0.497 e. The summed E-state index contributed by atoms with van der Waals surface area (Å²) < 4.78 is 5.22. The highest BCUT2D eigenvalue weighted by Crippen LogP contribution is 2.27. The van der Waals surface area contributed by atoms with E-state index in [0.29, 0.717) is 43.8 Å². The van der Waals surface area contributed by atoms with Crippen LogP contribution < -0.4 is 10.1 Å². The van der Waals surface area contributed by atoms with Crippen molar-refractivity contribution in [3.05, 3.63) is 59.9 Å². The van der Waals surface area contributed by atoms with E-state index in [1.165, 1.54) is 0 Å². The molecule has 2 aliphatic heterocycles. The van der Waals surface area contributed by atoms with Crippen molar-refractivity contribution in [2.75, 3.05) is 20.2 Å². The Morgan fingerprint density at radius 3 is 2.50 bits per heavy atom. The first kappa shape index (κ1) is 21.8. The molecule has 8 heteroatoms. The zero-order chi connectivity index (χ0) is 22.5. The Morgan fingerprint density at radius 2 is 1.75 bits per heavy atom. The van der Waals surface area contributed by atoms with Crippen LogP contribution in [0.3, 0.4) is 0 Å². The summed E-state index contributed by atoms with van der Waals surface area (Å²) in [7, 11) is 1.55. The van der Waals surface area contributed by atoms with Gasteiger partial charge in [0.1, 0.15) is 17.8 Å². The van der Waals surface area contributed by atoms with Crippen molar-refractivity contribution in [2.24, 2.45) is 0 Å². The third kappa shape index (κ3) is 4.59. The molecule has 4 rings (SSSR count). The second-order valence-electron chi connectivity index (χ2n) is 8.15. The second-order valence-corrected chi connectivity index (χ2v) is 8.15. The van der Waals surface area contributed by atoms with Gasteiger partial charge in [0.2, 0.25) is 11.8 Å². The minimum absolute atomic E-state index is 0.139. The lowest BCUT2D eigenvalue weighted by molar-refractivity contribution is -0.141. The van der Waals surface area contributed by atoms with E-state index in [9.17, 15) is 14.4 Å². The van der Waals surface area contributed by atoms with E-state index in [2.05, 4.69) is 10.3 Å². The number of methoxy groups -OCH3 is 1. The first-order chi connectivity index (χ1) is 15.6. The third-order valence-electron chi connectivity index (χ3n) is 6.17. The molecule has 0 unspecified atom stereocenters. The molecule has 1 aromatic carbocycles. The summed E-state index contributed by atoms with van der Waals surface area (Å²) in [6.07, 6.45) is 6.14. The fraction of sp³-hybridized carbons (Fsp3) is 0.417. The molecule has 1 aromatic heterocycles. The number of nitrogens with one attached hydrogen (secondary N) is 1. The Labute approximate surface area is 187 Å². The van der Waals surface area contributed by atoms with Crippen LogP contribution in [0.4, 0.5) is 0 Å². The Balaban J connectivity index is 1.43. The normalized spacial score (nSPS) is 20.3. The molecule has 3 amide bonds. The number of amides is 3. The standard InChI is InChI=1S/C24H28N4O4/c1-32-19-6-2-5-18(15-19)23(30)28-14-4-8-21(28)24(31)27-13-3-7-20(27)22(29)26-16-17-9-11-25-12-10-17/h2,5-6,9-12,15,20-21H,3-4,7-8,13-14,16H2,1H3,(H,26,29)/t20-,21-/m0/s1. The molecule has 0 saturated carbocycles. The van der Waals surface area contributed by atoms with E-state index in [0.717, 1.165) is 18.4 Å². The largest absolute Gasteiger partial charge is 0.497 e. The monoisotopic (exact) mass is 436 g/mol. The fourth-order valence-corrected chi connectivity index (χ4v) is 4.49. The van der Waals surface area contributed by atoms with Crippen molar-refractivity contribution in [1.29, 1.82) is 0 Å². The van der Waals surface area contributed by atoms with Gasteiger partial charge in [0.15, 0.2) is 0 Å². The van der Waals surface area contributed by atoms with E-state index in [-0.39, 0.29) is 17.7 Å². The Hall–Kier alpha value is -3.42. The molecule has 2 aromatic rings. The molecule has 2 saturated heterocycles. The molecule has 32 heavy (non-hydrogen) atoms. The molecule has 0 radical (unpaired) electrons. The van der Waals surface area contributed by atoms with Crippen molar-refractivity contribution in [3.63, 3.8) is 0 Å². The quantitative estimate of drug-likeness (QED) is 0.748. The van der Waals surface area contributed by atoms with Crippen molar-refractivity contribution in [2.45, 2.75) is 44.3 Å². The molecule has 3 heterocycles. The number of benzene rings is 1. The van der Waals surface area contributed by atoms with Crippen LogP contribution in [-0.4, -0.2) is 64.8 Å². The molecule has 168 valence electrons. The van der Waals surface area contributed by atoms with Gasteiger partial charge in [-0.25, -0.2) is 0 Å². The number of pyridine rings is 1. The lowest BCUT2D eigenvalue weighted by Gasteiger charge is -2.31. The average Bonchev–Trinajstić information content (AvgIpc) is 3.52. The highest BCUT2D eigenvalue weighted by atomic mass is 16.5. The molecule has 0 bridgehead atoms. The number of hydrogen-bond donors (Lipinski definition) is 1. The SMILES string of the molecule is COc1cccc(C(=O)N2CCC[C@H]2C(=O)N2CCC[C@H]2C(=O)NCc2ccncc2)c1. The maximum Gasteiger partial charge on any atom is 0.254 e. The van der Waals surface area contributed by atoms with Gasteiger partial charge < -0.3 is 19.9 Å². The van der Waals surface area contributed by atoms with Gasteiger partial charge in [-0.3, -0.25) is 19.4 Å². The summed E-state index contributed by atoms with van der Waals surface area (Å²) in [6.45, 7) is 1.45. The lowest BCUT2D eigenvalue weighted by atomic mass is 10.1. The van der Waals surface area contributed by atoms with Gasteiger partial charge in [-0.05, 0) is 61.6 Å². The number of carbonyl (C=O) groups excluding carboxylic acids is 3. The van der Waals surface area contributed by atoms with Crippen LogP contribution in [0.15, 0.2) is 48.8 Å². The van der Waals surface area contributed by atoms with Gasteiger partial charge in [-0.2, -0.15) is 0 Å². The van der Waals surface area contributed by atoms with E-state index in [1.54, 1.807) is 53.6 Å². The Morgan fingerprint density at radius 1 is 1.03 bits per heavy atom. The van der Waals surface area contributed by atoms with Crippen molar-refractivity contribution < 1.29 is 19.1 Å². The summed E-state index contributed by atoms with van der Waals surface area (Å²) in [5.41, 5.74) is 1.45. The van der Waals surface area contributed by atoms with E-state index in [4.69, 9.17) is 4.74 Å².